The lowest BCUT2D eigenvalue weighted by molar-refractivity contribution is -0.385. The average Bonchev–Trinajstić information content (AvgIpc) is 3.13. The van der Waals surface area contributed by atoms with E-state index in [4.69, 9.17) is 5.10 Å². The molecule has 0 fully saturated rings. The Hall–Kier alpha value is -3.11. The number of rotatable bonds is 7. The van der Waals surface area contributed by atoms with E-state index >= 15 is 0 Å². The van der Waals surface area contributed by atoms with Crippen molar-refractivity contribution in [3.8, 4) is 11.3 Å². The molecular weight excluding hydrogens is 406 g/mol. The molecule has 1 aliphatic carbocycles. The molecule has 4 rings (SSSR count). The van der Waals surface area contributed by atoms with E-state index < -0.39 is 14.9 Å². The zero-order valence-electron chi connectivity index (χ0n) is 16.2. The first-order valence-corrected chi connectivity index (χ1v) is 11.2. The molecule has 0 aliphatic heterocycles. The summed E-state index contributed by atoms with van der Waals surface area (Å²) in [4.78, 5) is 14.2. The summed E-state index contributed by atoms with van der Waals surface area (Å²) < 4.78 is 29.5. The topological polar surface area (TPSA) is 120 Å². The Labute approximate surface area is 174 Å². The van der Waals surface area contributed by atoms with Gasteiger partial charge in [-0.3, -0.25) is 19.8 Å². The molecule has 0 saturated heterocycles. The number of hydrogen-bond acceptors (Lipinski definition) is 6. The van der Waals surface area contributed by atoms with E-state index in [1.165, 1.54) is 23.8 Å². The van der Waals surface area contributed by atoms with Crippen molar-refractivity contribution in [3.05, 3.63) is 70.2 Å². The SMILES string of the molecule is O=[N+]([O-])c1cccc(S(=O)(=O)NCCn2nc(-c3ccncc3)c3c2CCCC3)c1. The van der Waals surface area contributed by atoms with E-state index in [0.29, 0.717) is 6.54 Å². The number of nitrogens with zero attached hydrogens (tertiary/aromatic N) is 4. The number of aromatic nitrogens is 3. The lowest BCUT2D eigenvalue weighted by Gasteiger charge is -2.14. The third-order valence-electron chi connectivity index (χ3n) is 5.17. The van der Waals surface area contributed by atoms with Crippen LogP contribution in [0.25, 0.3) is 11.3 Å². The zero-order valence-corrected chi connectivity index (χ0v) is 17.0. The molecule has 0 bridgehead atoms. The number of hydrogen-bond donors (Lipinski definition) is 1. The van der Waals surface area contributed by atoms with Crippen LogP contribution < -0.4 is 4.72 Å². The van der Waals surface area contributed by atoms with Crippen LogP contribution in [0.3, 0.4) is 0 Å². The van der Waals surface area contributed by atoms with Crippen LogP contribution in [0.5, 0.6) is 0 Å². The van der Waals surface area contributed by atoms with Crippen molar-refractivity contribution in [1.29, 1.82) is 0 Å². The fourth-order valence-electron chi connectivity index (χ4n) is 3.73. The van der Waals surface area contributed by atoms with Gasteiger partial charge in [0.05, 0.1) is 22.1 Å². The van der Waals surface area contributed by atoms with Gasteiger partial charge < -0.3 is 0 Å². The van der Waals surface area contributed by atoms with Crippen molar-refractivity contribution in [3.63, 3.8) is 0 Å². The Kier molecular flexibility index (Phi) is 5.60. The third-order valence-corrected chi connectivity index (χ3v) is 6.62. The summed E-state index contributed by atoms with van der Waals surface area (Å²) in [5.41, 5.74) is 4.02. The molecule has 0 atom stereocenters. The van der Waals surface area contributed by atoms with Gasteiger partial charge in [-0.2, -0.15) is 5.10 Å². The molecule has 10 heteroatoms. The third kappa shape index (κ3) is 4.10. The molecule has 1 aromatic carbocycles. The number of benzene rings is 1. The number of fused-ring (bicyclic) bond motifs is 1. The van der Waals surface area contributed by atoms with Gasteiger partial charge in [0.2, 0.25) is 10.0 Å². The molecule has 0 unspecified atom stereocenters. The Bertz CT molecular complexity index is 1180. The van der Waals surface area contributed by atoms with Crippen molar-refractivity contribution < 1.29 is 13.3 Å². The van der Waals surface area contributed by atoms with Gasteiger partial charge in [-0.1, -0.05) is 6.07 Å². The molecule has 0 spiro atoms. The monoisotopic (exact) mass is 427 g/mol. The van der Waals surface area contributed by atoms with Gasteiger partial charge in [-0.25, -0.2) is 13.1 Å². The number of nitro groups is 1. The smallest absolute Gasteiger partial charge is 0.267 e. The lowest BCUT2D eigenvalue weighted by Crippen LogP contribution is -2.28. The Morgan fingerprint density at radius 2 is 1.90 bits per heavy atom. The number of nitrogens with one attached hydrogen (secondary N) is 1. The van der Waals surface area contributed by atoms with E-state index in [9.17, 15) is 18.5 Å². The molecule has 0 radical (unpaired) electrons. The predicted molar refractivity (Wildman–Crippen MR) is 110 cm³/mol. The molecule has 0 saturated carbocycles. The average molecular weight is 427 g/mol. The Morgan fingerprint density at radius 3 is 2.67 bits per heavy atom. The van der Waals surface area contributed by atoms with Crippen LogP contribution in [0.1, 0.15) is 24.1 Å². The second-order valence-electron chi connectivity index (χ2n) is 7.09. The van der Waals surface area contributed by atoms with Gasteiger partial charge in [0.25, 0.3) is 5.69 Å². The molecule has 2 heterocycles. The maximum Gasteiger partial charge on any atom is 0.270 e. The van der Waals surface area contributed by atoms with Gasteiger partial charge in [0, 0.05) is 47.9 Å². The minimum atomic E-state index is -3.86. The summed E-state index contributed by atoms with van der Waals surface area (Å²) in [7, 11) is -3.86. The van der Waals surface area contributed by atoms with Crippen molar-refractivity contribution in [2.45, 2.75) is 37.1 Å². The van der Waals surface area contributed by atoms with Crippen LogP contribution in [-0.4, -0.2) is 34.7 Å². The van der Waals surface area contributed by atoms with Crippen molar-refractivity contribution in [1.82, 2.24) is 19.5 Å². The van der Waals surface area contributed by atoms with Crippen LogP contribution in [-0.2, 0) is 29.4 Å². The van der Waals surface area contributed by atoms with Gasteiger partial charge in [0.15, 0.2) is 0 Å². The Balaban J connectivity index is 1.52. The quantitative estimate of drug-likeness (QED) is 0.457. The van der Waals surface area contributed by atoms with Crippen LogP contribution in [0.15, 0.2) is 53.7 Å². The first-order valence-electron chi connectivity index (χ1n) is 9.69. The van der Waals surface area contributed by atoms with Crippen LogP contribution >= 0.6 is 0 Å². The first kappa shape index (κ1) is 20.2. The Morgan fingerprint density at radius 1 is 1.13 bits per heavy atom. The van der Waals surface area contributed by atoms with Gasteiger partial charge in [-0.05, 0) is 43.9 Å². The van der Waals surface area contributed by atoms with Crippen LogP contribution in [0, 0.1) is 10.1 Å². The minimum absolute atomic E-state index is 0.128. The van der Waals surface area contributed by atoms with E-state index in [-0.39, 0.29) is 17.1 Å². The fraction of sp³-hybridized carbons (Fsp3) is 0.300. The minimum Gasteiger partial charge on any atom is -0.267 e. The van der Waals surface area contributed by atoms with Gasteiger partial charge in [0.1, 0.15) is 0 Å². The summed E-state index contributed by atoms with van der Waals surface area (Å²) >= 11 is 0. The molecule has 30 heavy (non-hydrogen) atoms. The summed E-state index contributed by atoms with van der Waals surface area (Å²) in [6.07, 6.45) is 7.51. The summed E-state index contributed by atoms with van der Waals surface area (Å²) in [6.45, 7) is 0.510. The maximum absolute atomic E-state index is 12.5. The molecule has 1 aliphatic rings. The molecule has 3 aromatic rings. The van der Waals surface area contributed by atoms with Gasteiger partial charge in [-0.15, -0.1) is 0 Å². The van der Waals surface area contributed by atoms with Gasteiger partial charge >= 0.3 is 0 Å². The second kappa shape index (κ2) is 8.33. The molecule has 9 nitrogen and oxygen atoms in total. The normalized spacial score (nSPS) is 13.7. The fourth-order valence-corrected chi connectivity index (χ4v) is 4.79. The zero-order chi connectivity index (χ0) is 21.1. The highest BCUT2D eigenvalue weighted by Gasteiger charge is 2.22. The second-order valence-corrected chi connectivity index (χ2v) is 8.86. The number of nitro benzene ring substituents is 1. The van der Waals surface area contributed by atoms with E-state index in [2.05, 4.69) is 9.71 Å². The van der Waals surface area contributed by atoms with E-state index in [1.807, 2.05) is 16.8 Å². The van der Waals surface area contributed by atoms with Crippen molar-refractivity contribution in [2.24, 2.45) is 0 Å². The standard InChI is InChI=1S/C20H21N5O4S/c26-25(27)16-4-3-5-17(14-16)30(28,29)22-12-13-24-19-7-2-1-6-18(19)20(23-24)15-8-10-21-11-9-15/h3-5,8-11,14,22H,1-2,6-7,12-13H2. The van der Waals surface area contributed by atoms with Crippen LogP contribution in [0.4, 0.5) is 5.69 Å². The van der Waals surface area contributed by atoms with Crippen LogP contribution in [0.2, 0.25) is 0 Å². The largest absolute Gasteiger partial charge is 0.270 e. The maximum atomic E-state index is 12.5. The summed E-state index contributed by atoms with van der Waals surface area (Å²) in [5, 5.41) is 15.7. The molecule has 156 valence electrons. The lowest BCUT2D eigenvalue weighted by atomic mass is 9.94. The molecule has 2 aromatic heterocycles. The predicted octanol–water partition coefficient (Wildman–Crippen LogP) is 2.71. The van der Waals surface area contributed by atoms with Crippen molar-refractivity contribution in [2.75, 3.05) is 6.54 Å². The first-order chi connectivity index (χ1) is 14.5. The number of non-ortho nitro benzene ring substituents is 1. The van der Waals surface area contributed by atoms with Crippen molar-refractivity contribution >= 4 is 15.7 Å². The van der Waals surface area contributed by atoms with E-state index in [1.54, 1.807) is 12.4 Å². The number of sulfonamides is 1. The number of pyridine rings is 1. The highest BCUT2D eigenvalue weighted by Crippen LogP contribution is 2.30. The molecule has 0 amide bonds. The molecular formula is C20H21N5O4S. The highest BCUT2D eigenvalue weighted by atomic mass is 32.2. The summed E-state index contributed by atoms with van der Waals surface area (Å²) in [5.74, 6) is 0. The highest BCUT2D eigenvalue weighted by molar-refractivity contribution is 7.89. The summed E-state index contributed by atoms with van der Waals surface area (Å²) in [6, 6.07) is 8.86. The molecule has 1 N–H and O–H groups in total. The van der Waals surface area contributed by atoms with E-state index in [0.717, 1.165) is 48.7 Å².